The highest BCUT2D eigenvalue weighted by Gasteiger charge is 2.12. The molecule has 1 saturated carbocycles. The molecule has 0 amide bonds. The minimum Gasteiger partial charge on any atom is -0.313 e. The van der Waals surface area contributed by atoms with E-state index in [1.54, 1.807) is 0 Å². The Hall–Kier alpha value is -0.960. The summed E-state index contributed by atoms with van der Waals surface area (Å²) in [7, 11) is 0. The average molecular weight is 253 g/mol. The van der Waals surface area contributed by atoms with Crippen LogP contribution in [0.25, 0.3) is 0 Å². The predicted octanol–water partition coefficient (Wildman–Crippen LogP) is 4.02. The molecule has 1 aliphatic carbocycles. The third-order valence-corrected chi connectivity index (χ3v) is 3.78. The Balaban J connectivity index is 1.69. The van der Waals surface area contributed by atoms with Crippen LogP contribution < -0.4 is 5.32 Å². The highest BCUT2D eigenvalue weighted by molar-refractivity contribution is 5.18. The van der Waals surface area contributed by atoms with E-state index in [9.17, 15) is 8.78 Å². The summed E-state index contributed by atoms with van der Waals surface area (Å²) in [6, 6.07) is 3.61. The van der Waals surface area contributed by atoms with Gasteiger partial charge < -0.3 is 5.32 Å². The first-order valence-electron chi connectivity index (χ1n) is 6.90. The van der Waals surface area contributed by atoms with Crippen LogP contribution in [0.1, 0.15) is 44.1 Å². The fourth-order valence-electron chi connectivity index (χ4n) is 2.68. The van der Waals surface area contributed by atoms with Crippen LogP contribution in [0.2, 0.25) is 0 Å². The maximum Gasteiger partial charge on any atom is 0.127 e. The Morgan fingerprint density at radius 1 is 1.11 bits per heavy atom. The molecule has 1 aromatic carbocycles. The highest BCUT2D eigenvalue weighted by Crippen LogP contribution is 2.25. The van der Waals surface area contributed by atoms with Gasteiger partial charge in [-0.2, -0.15) is 0 Å². The third-order valence-electron chi connectivity index (χ3n) is 3.78. The number of rotatable bonds is 5. The maximum absolute atomic E-state index is 13.3. The van der Waals surface area contributed by atoms with Crippen molar-refractivity contribution in [1.82, 2.24) is 5.32 Å². The van der Waals surface area contributed by atoms with Gasteiger partial charge in [0, 0.05) is 12.1 Å². The molecule has 2 rings (SSSR count). The molecule has 0 aromatic heterocycles. The van der Waals surface area contributed by atoms with Crippen molar-refractivity contribution in [3.8, 4) is 0 Å². The van der Waals surface area contributed by atoms with Crippen LogP contribution >= 0.6 is 0 Å². The number of hydrogen-bond donors (Lipinski definition) is 1. The summed E-state index contributed by atoms with van der Waals surface area (Å²) in [6.07, 6.45) is 7.88. The molecule has 0 radical (unpaired) electrons. The van der Waals surface area contributed by atoms with E-state index in [-0.39, 0.29) is 11.6 Å². The SMILES string of the molecule is Fc1ccc(F)c(CNCCC2CCCCC2)c1. The zero-order chi connectivity index (χ0) is 12.8. The second-order valence-corrected chi connectivity index (χ2v) is 5.21. The number of halogens is 2. The molecule has 3 heteroatoms. The van der Waals surface area contributed by atoms with E-state index in [0.29, 0.717) is 12.1 Å². The van der Waals surface area contributed by atoms with E-state index in [4.69, 9.17) is 0 Å². The topological polar surface area (TPSA) is 12.0 Å². The summed E-state index contributed by atoms with van der Waals surface area (Å²) < 4.78 is 26.3. The zero-order valence-electron chi connectivity index (χ0n) is 10.7. The normalized spacial score (nSPS) is 17.0. The van der Waals surface area contributed by atoms with Crippen LogP contribution in [0, 0.1) is 17.6 Å². The van der Waals surface area contributed by atoms with Gasteiger partial charge in [0.1, 0.15) is 11.6 Å². The average Bonchev–Trinajstić information content (AvgIpc) is 2.40. The van der Waals surface area contributed by atoms with Crippen LogP contribution in [-0.2, 0) is 6.54 Å². The number of benzene rings is 1. The summed E-state index contributed by atoms with van der Waals surface area (Å²) in [5, 5.41) is 3.21. The lowest BCUT2D eigenvalue weighted by Crippen LogP contribution is -2.19. The molecule has 18 heavy (non-hydrogen) atoms. The second kappa shape index (κ2) is 6.83. The lowest BCUT2D eigenvalue weighted by Gasteiger charge is -2.21. The van der Waals surface area contributed by atoms with Crippen LogP contribution in [-0.4, -0.2) is 6.54 Å². The van der Waals surface area contributed by atoms with Gasteiger partial charge in [0.05, 0.1) is 0 Å². The Kier molecular flexibility index (Phi) is 5.12. The van der Waals surface area contributed by atoms with E-state index in [1.165, 1.54) is 44.2 Å². The smallest absolute Gasteiger partial charge is 0.127 e. The van der Waals surface area contributed by atoms with Crippen molar-refractivity contribution in [2.45, 2.75) is 45.1 Å². The lowest BCUT2D eigenvalue weighted by molar-refractivity contribution is 0.333. The van der Waals surface area contributed by atoms with E-state index < -0.39 is 0 Å². The van der Waals surface area contributed by atoms with Crippen molar-refractivity contribution >= 4 is 0 Å². The van der Waals surface area contributed by atoms with Crippen molar-refractivity contribution in [1.29, 1.82) is 0 Å². The van der Waals surface area contributed by atoms with E-state index >= 15 is 0 Å². The Morgan fingerprint density at radius 3 is 2.67 bits per heavy atom. The minimum absolute atomic E-state index is 0.332. The van der Waals surface area contributed by atoms with Crippen LogP contribution in [0.4, 0.5) is 8.78 Å². The van der Waals surface area contributed by atoms with Gasteiger partial charge in [-0.3, -0.25) is 0 Å². The first-order valence-corrected chi connectivity index (χ1v) is 6.90. The molecule has 1 aromatic rings. The molecule has 0 unspecified atom stereocenters. The molecule has 0 saturated heterocycles. The monoisotopic (exact) mass is 253 g/mol. The van der Waals surface area contributed by atoms with Gasteiger partial charge in [-0.25, -0.2) is 8.78 Å². The molecule has 1 aliphatic rings. The Morgan fingerprint density at radius 2 is 1.89 bits per heavy atom. The molecule has 100 valence electrons. The summed E-state index contributed by atoms with van der Waals surface area (Å²) >= 11 is 0. The van der Waals surface area contributed by atoms with E-state index in [1.807, 2.05) is 0 Å². The molecule has 0 heterocycles. The van der Waals surface area contributed by atoms with Crippen molar-refractivity contribution in [3.05, 3.63) is 35.4 Å². The van der Waals surface area contributed by atoms with Gasteiger partial charge in [-0.05, 0) is 37.1 Å². The predicted molar refractivity (Wildman–Crippen MR) is 69.3 cm³/mol. The molecule has 1 fully saturated rings. The van der Waals surface area contributed by atoms with Crippen molar-refractivity contribution in [3.63, 3.8) is 0 Å². The van der Waals surface area contributed by atoms with Gasteiger partial charge in [-0.1, -0.05) is 32.1 Å². The lowest BCUT2D eigenvalue weighted by atomic mass is 9.87. The van der Waals surface area contributed by atoms with Crippen molar-refractivity contribution < 1.29 is 8.78 Å². The Labute approximate surface area is 108 Å². The third kappa shape index (κ3) is 4.05. The first kappa shape index (κ1) is 13.5. The molecule has 0 aliphatic heterocycles. The van der Waals surface area contributed by atoms with Gasteiger partial charge in [0.2, 0.25) is 0 Å². The fraction of sp³-hybridized carbons (Fsp3) is 0.600. The zero-order valence-corrected chi connectivity index (χ0v) is 10.7. The van der Waals surface area contributed by atoms with Crippen LogP contribution in [0.5, 0.6) is 0 Å². The molecule has 0 bridgehead atoms. The standard InChI is InChI=1S/C15H21F2N/c16-14-6-7-15(17)13(10-14)11-18-9-8-12-4-2-1-3-5-12/h6-7,10,12,18H,1-5,8-9,11H2. The van der Waals surface area contributed by atoms with Crippen LogP contribution in [0.3, 0.4) is 0 Å². The van der Waals surface area contributed by atoms with E-state index in [2.05, 4.69) is 5.32 Å². The second-order valence-electron chi connectivity index (χ2n) is 5.21. The molecular weight excluding hydrogens is 232 g/mol. The van der Waals surface area contributed by atoms with E-state index in [0.717, 1.165) is 24.9 Å². The number of hydrogen-bond acceptors (Lipinski definition) is 1. The summed E-state index contributed by atoms with van der Waals surface area (Å²) in [6.45, 7) is 1.30. The van der Waals surface area contributed by atoms with Gasteiger partial charge in [-0.15, -0.1) is 0 Å². The van der Waals surface area contributed by atoms with Gasteiger partial charge >= 0.3 is 0 Å². The quantitative estimate of drug-likeness (QED) is 0.781. The molecule has 1 nitrogen and oxygen atoms in total. The van der Waals surface area contributed by atoms with Gasteiger partial charge in [0.25, 0.3) is 0 Å². The highest BCUT2D eigenvalue weighted by atomic mass is 19.1. The van der Waals surface area contributed by atoms with Crippen molar-refractivity contribution in [2.75, 3.05) is 6.54 Å². The minimum atomic E-state index is -0.375. The van der Waals surface area contributed by atoms with Crippen molar-refractivity contribution in [2.24, 2.45) is 5.92 Å². The van der Waals surface area contributed by atoms with Crippen LogP contribution in [0.15, 0.2) is 18.2 Å². The summed E-state index contributed by atoms with van der Waals surface area (Å²) in [5.41, 5.74) is 0.415. The summed E-state index contributed by atoms with van der Waals surface area (Å²) in [5.74, 6) is 0.116. The summed E-state index contributed by atoms with van der Waals surface area (Å²) in [4.78, 5) is 0. The molecule has 1 N–H and O–H groups in total. The number of nitrogens with one attached hydrogen (secondary N) is 1. The van der Waals surface area contributed by atoms with Gasteiger partial charge in [0.15, 0.2) is 0 Å². The maximum atomic E-state index is 13.3. The Bertz CT molecular complexity index is 373. The fourth-order valence-corrected chi connectivity index (χ4v) is 2.68. The molecule has 0 spiro atoms. The largest absolute Gasteiger partial charge is 0.313 e. The molecular formula is C15H21F2N. The first-order chi connectivity index (χ1) is 8.75. The molecule has 0 atom stereocenters.